The van der Waals surface area contributed by atoms with Crippen LogP contribution in [0.25, 0.3) is 0 Å². The number of amides is 2. The Balaban J connectivity index is 1.40. The van der Waals surface area contributed by atoms with Gasteiger partial charge >= 0.3 is 0 Å². The molecule has 4 rings (SSSR count). The molecule has 1 spiro atoms. The quantitative estimate of drug-likeness (QED) is 0.801. The summed E-state index contributed by atoms with van der Waals surface area (Å²) in [6.45, 7) is 5.61. The zero-order valence-corrected chi connectivity index (χ0v) is 15.9. The van der Waals surface area contributed by atoms with Crippen molar-refractivity contribution in [3.63, 3.8) is 0 Å². The van der Waals surface area contributed by atoms with Crippen molar-refractivity contribution in [2.75, 3.05) is 19.6 Å². The maximum Gasteiger partial charge on any atom is 0.227 e. The highest BCUT2D eigenvalue weighted by Crippen LogP contribution is 2.39. The van der Waals surface area contributed by atoms with Gasteiger partial charge in [-0.3, -0.25) is 14.4 Å². The van der Waals surface area contributed by atoms with Crippen molar-refractivity contribution in [1.82, 2.24) is 9.80 Å². The smallest absolute Gasteiger partial charge is 0.227 e. The van der Waals surface area contributed by atoms with Crippen LogP contribution in [0.5, 0.6) is 5.75 Å². The van der Waals surface area contributed by atoms with Crippen LogP contribution in [0.15, 0.2) is 24.3 Å². The molecule has 6 nitrogen and oxygen atoms in total. The second-order valence-electron chi connectivity index (χ2n) is 8.25. The summed E-state index contributed by atoms with van der Waals surface area (Å²) in [6.07, 6.45) is 1.97. The number of para-hydroxylation sites is 1. The summed E-state index contributed by atoms with van der Waals surface area (Å²) in [4.78, 5) is 41.1. The van der Waals surface area contributed by atoms with Gasteiger partial charge in [0.25, 0.3) is 0 Å². The maximum absolute atomic E-state index is 12.9. The number of fused-ring (bicyclic) bond motifs is 1. The predicted octanol–water partition coefficient (Wildman–Crippen LogP) is 2.27. The molecule has 1 atom stereocenters. The lowest BCUT2D eigenvalue weighted by atomic mass is 9.82. The van der Waals surface area contributed by atoms with Crippen molar-refractivity contribution in [2.24, 2.45) is 5.92 Å². The van der Waals surface area contributed by atoms with Crippen molar-refractivity contribution in [1.29, 1.82) is 0 Å². The first-order valence-corrected chi connectivity index (χ1v) is 9.78. The Morgan fingerprint density at radius 1 is 1.19 bits per heavy atom. The van der Waals surface area contributed by atoms with Crippen LogP contribution in [0, 0.1) is 5.92 Å². The molecule has 2 saturated heterocycles. The van der Waals surface area contributed by atoms with E-state index in [4.69, 9.17) is 4.74 Å². The third kappa shape index (κ3) is 3.22. The van der Waals surface area contributed by atoms with Crippen LogP contribution < -0.4 is 4.74 Å². The molecule has 0 bridgehead atoms. The molecule has 0 saturated carbocycles. The minimum Gasteiger partial charge on any atom is -0.486 e. The number of carbonyl (C=O) groups is 3. The molecule has 3 aliphatic heterocycles. The fraction of sp³-hybridized carbons (Fsp3) is 0.571. The number of benzene rings is 1. The molecular weight excluding hydrogens is 344 g/mol. The average molecular weight is 370 g/mol. The largest absolute Gasteiger partial charge is 0.486 e. The third-order valence-corrected chi connectivity index (χ3v) is 6.11. The zero-order chi connectivity index (χ0) is 19.2. The van der Waals surface area contributed by atoms with Crippen molar-refractivity contribution >= 4 is 17.6 Å². The lowest BCUT2D eigenvalue weighted by molar-refractivity contribution is -0.139. The van der Waals surface area contributed by atoms with Crippen molar-refractivity contribution in [3.8, 4) is 5.75 Å². The molecule has 3 aliphatic rings. The molecule has 0 aromatic heterocycles. The Morgan fingerprint density at radius 2 is 1.89 bits per heavy atom. The van der Waals surface area contributed by atoms with Crippen LogP contribution in [0.3, 0.4) is 0 Å². The highest BCUT2D eigenvalue weighted by molar-refractivity contribution is 6.00. The van der Waals surface area contributed by atoms with Gasteiger partial charge in [0.2, 0.25) is 11.8 Å². The van der Waals surface area contributed by atoms with Crippen molar-refractivity contribution in [3.05, 3.63) is 29.8 Å². The van der Waals surface area contributed by atoms with Crippen LogP contribution in [-0.2, 0) is 9.59 Å². The Bertz CT molecular complexity index is 780. The van der Waals surface area contributed by atoms with Gasteiger partial charge in [-0.25, -0.2) is 0 Å². The second kappa shape index (κ2) is 6.66. The number of carbonyl (C=O) groups excluding carboxylic acids is 3. The fourth-order valence-corrected chi connectivity index (χ4v) is 4.51. The summed E-state index contributed by atoms with van der Waals surface area (Å²) < 4.78 is 6.23. The number of rotatable bonds is 2. The minimum absolute atomic E-state index is 0.0592. The summed E-state index contributed by atoms with van der Waals surface area (Å²) in [5.41, 5.74) is 0.150. The normalized spacial score (nSPS) is 24.3. The molecule has 0 radical (unpaired) electrons. The van der Waals surface area contributed by atoms with E-state index in [9.17, 15) is 14.4 Å². The van der Waals surface area contributed by atoms with Crippen molar-refractivity contribution in [2.45, 2.75) is 51.2 Å². The first-order chi connectivity index (χ1) is 12.9. The number of ether oxygens (including phenoxy) is 1. The molecule has 1 aromatic rings. The molecule has 0 aliphatic carbocycles. The van der Waals surface area contributed by atoms with Gasteiger partial charge in [0.1, 0.15) is 11.4 Å². The number of hydrogen-bond acceptors (Lipinski definition) is 4. The van der Waals surface area contributed by atoms with E-state index in [1.54, 1.807) is 11.0 Å². The monoisotopic (exact) mass is 370 g/mol. The SMILES string of the molecule is CC(C)N1CC(C(=O)N2CCC3(CC2)CC(=O)c2ccccc2O3)CC1=O. The van der Waals surface area contributed by atoms with Crippen LogP contribution in [-0.4, -0.2) is 58.7 Å². The summed E-state index contributed by atoms with van der Waals surface area (Å²) in [7, 11) is 0. The molecule has 1 unspecified atom stereocenters. The van der Waals surface area contributed by atoms with Gasteiger partial charge in [0.15, 0.2) is 5.78 Å². The number of hydrogen-bond donors (Lipinski definition) is 0. The van der Waals surface area contributed by atoms with Crippen LogP contribution in [0.4, 0.5) is 0 Å². The number of likely N-dealkylation sites (tertiary alicyclic amines) is 2. The second-order valence-corrected chi connectivity index (χ2v) is 8.25. The highest BCUT2D eigenvalue weighted by Gasteiger charge is 2.45. The van der Waals surface area contributed by atoms with E-state index in [-0.39, 0.29) is 29.6 Å². The zero-order valence-electron chi connectivity index (χ0n) is 15.9. The minimum atomic E-state index is -0.502. The van der Waals surface area contributed by atoms with Gasteiger partial charge in [-0.1, -0.05) is 12.1 Å². The van der Waals surface area contributed by atoms with Crippen LogP contribution >= 0.6 is 0 Å². The van der Waals surface area contributed by atoms with E-state index in [0.717, 1.165) is 0 Å². The fourth-order valence-electron chi connectivity index (χ4n) is 4.51. The van der Waals surface area contributed by atoms with Gasteiger partial charge in [0, 0.05) is 44.9 Å². The lowest BCUT2D eigenvalue weighted by Crippen LogP contribution is -2.53. The number of piperidine rings is 1. The molecular formula is C21H26N2O4. The topological polar surface area (TPSA) is 66.9 Å². The van der Waals surface area contributed by atoms with E-state index in [1.807, 2.05) is 36.9 Å². The molecule has 3 heterocycles. The summed E-state index contributed by atoms with van der Waals surface area (Å²) in [5, 5.41) is 0. The first-order valence-electron chi connectivity index (χ1n) is 9.78. The Hall–Kier alpha value is -2.37. The lowest BCUT2D eigenvalue weighted by Gasteiger charge is -2.44. The van der Waals surface area contributed by atoms with Gasteiger partial charge in [0.05, 0.1) is 17.9 Å². The number of ketones is 1. The standard InChI is InChI=1S/C21H26N2O4/c1-14(2)23-13-15(11-19(23)25)20(26)22-9-7-21(8-10-22)12-17(24)16-5-3-4-6-18(16)27-21/h3-6,14-15H,7-13H2,1-2H3. The van der Waals surface area contributed by atoms with E-state index in [0.29, 0.717) is 56.6 Å². The Morgan fingerprint density at radius 3 is 2.56 bits per heavy atom. The molecule has 6 heteroatoms. The van der Waals surface area contributed by atoms with E-state index in [1.165, 1.54) is 0 Å². The number of Topliss-reactive ketones (excluding diaryl/α,β-unsaturated/α-hetero) is 1. The first kappa shape index (κ1) is 18.0. The van der Waals surface area contributed by atoms with E-state index >= 15 is 0 Å². The van der Waals surface area contributed by atoms with Gasteiger partial charge in [-0.2, -0.15) is 0 Å². The molecule has 144 valence electrons. The summed E-state index contributed by atoms with van der Waals surface area (Å²) in [6, 6.07) is 7.50. The molecule has 2 fully saturated rings. The number of nitrogens with zero attached hydrogens (tertiary/aromatic N) is 2. The molecule has 0 N–H and O–H groups in total. The highest BCUT2D eigenvalue weighted by atomic mass is 16.5. The van der Waals surface area contributed by atoms with Crippen molar-refractivity contribution < 1.29 is 19.1 Å². The van der Waals surface area contributed by atoms with E-state index < -0.39 is 5.60 Å². The van der Waals surface area contributed by atoms with E-state index in [2.05, 4.69) is 0 Å². The van der Waals surface area contributed by atoms with Gasteiger partial charge < -0.3 is 14.5 Å². The molecule has 1 aromatic carbocycles. The van der Waals surface area contributed by atoms with Crippen LogP contribution in [0.2, 0.25) is 0 Å². The maximum atomic E-state index is 12.9. The molecule has 27 heavy (non-hydrogen) atoms. The van der Waals surface area contributed by atoms with Crippen LogP contribution in [0.1, 0.15) is 49.9 Å². The average Bonchev–Trinajstić information content (AvgIpc) is 3.04. The summed E-state index contributed by atoms with van der Waals surface area (Å²) >= 11 is 0. The predicted molar refractivity (Wildman–Crippen MR) is 99.5 cm³/mol. The summed E-state index contributed by atoms with van der Waals surface area (Å²) in [5.74, 6) is 0.648. The van der Waals surface area contributed by atoms with Gasteiger partial charge in [-0.15, -0.1) is 0 Å². The Labute approximate surface area is 159 Å². The third-order valence-electron chi connectivity index (χ3n) is 6.11. The van der Waals surface area contributed by atoms with Gasteiger partial charge in [-0.05, 0) is 26.0 Å². The Kier molecular flexibility index (Phi) is 4.44. The molecule has 2 amide bonds.